The van der Waals surface area contributed by atoms with Crippen LogP contribution in [0.5, 0.6) is 0 Å². The number of hydrogen-bond acceptors (Lipinski definition) is 5. The summed E-state index contributed by atoms with van der Waals surface area (Å²) >= 11 is 1.04. The average molecular weight is 311 g/mol. The molecule has 0 saturated heterocycles. The van der Waals surface area contributed by atoms with Gasteiger partial charge in [-0.25, -0.2) is 8.42 Å². The first-order valence-corrected chi connectivity index (χ1v) is 7.97. The molecule has 1 heterocycles. The number of rotatable bonds is 4. The topological polar surface area (TPSA) is 101 Å². The number of anilines is 2. The van der Waals surface area contributed by atoms with Crippen LogP contribution in [0.4, 0.5) is 11.4 Å². The summed E-state index contributed by atoms with van der Waals surface area (Å²) in [4.78, 5) is 11.5. The molecule has 0 aliphatic heterocycles. The molecule has 0 spiro atoms. The summed E-state index contributed by atoms with van der Waals surface area (Å²) in [6.45, 7) is 0. The summed E-state index contributed by atoms with van der Waals surface area (Å²) in [6.07, 6.45) is 0. The van der Waals surface area contributed by atoms with Crippen LogP contribution in [-0.2, 0) is 10.0 Å². The minimum atomic E-state index is -3.68. The Bertz CT molecular complexity index is 738. The molecule has 106 valence electrons. The summed E-state index contributed by atoms with van der Waals surface area (Å²) in [7, 11) is -2.18. The van der Waals surface area contributed by atoms with Gasteiger partial charge in [-0.3, -0.25) is 9.52 Å². The largest absolute Gasteiger partial charge is 0.398 e. The van der Waals surface area contributed by atoms with Crippen LogP contribution >= 0.6 is 11.3 Å². The van der Waals surface area contributed by atoms with Crippen molar-refractivity contribution in [3.05, 3.63) is 41.3 Å². The minimum absolute atomic E-state index is 0.125. The van der Waals surface area contributed by atoms with E-state index in [4.69, 9.17) is 5.73 Å². The Morgan fingerprint density at radius 1 is 1.30 bits per heavy atom. The summed E-state index contributed by atoms with van der Waals surface area (Å²) in [5, 5.41) is 4.03. The number of nitrogens with two attached hydrogens (primary N) is 1. The van der Waals surface area contributed by atoms with Crippen molar-refractivity contribution in [1.29, 1.82) is 0 Å². The summed E-state index contributed by atoms with van der Waals surface area (Å²) in [6, 6.07) is 7.62. The fourth-order valence-electron chi connectivity index (χ4n) is 1.54. The lowest BCUT2D eigenvalue weighted by Crippen LogP contribution is -2.18. The SMILES string of the molecule is CNC(=O)c1cccc(NS(=O)(=O)c2cc(N)cs2)c1. The van der Waals surface area contributed by atoms with Gasteiger partial charge in [-0.2, -0.15) is 0 Å². The van der Waals surface area contributed by atoms with Crippen LogP contribution in [0.1, 0.15) is 10.4 Å². The summed E-state index contributed by atoms with van der Waals surface area (Å²) in [5.74, 6) is -0.286. The lowest BCUT2D eigenvalue weighted by Gasteiger charge is -2.07. The van der Waals surface area contributed by atoms with Crippen molar-refractivity contribution in [1.82, 2.24) is 5.32 Å². The van der Waals surface area contributed by atoms with Gasteiger partial charge in [0.2, 0.25) is 0 Å². The number of nitrogen functional groups attached to an aromatic ring is 1. The molecule has 8 heteroatoms. The third-order valence-corrected chi connectivity index (χ3v) is 5.30. The molecule has 0 aliphatic carbocycles. The number of benzene rings is 1. The van der Waals surface area contributed by atoms with Crippen LogP contribution in [0.2, 0.25) is 0 Å². The van der Waals surface area contributed by atoms with E-state index in [2.05, 4.69) is 10.0 Å². The standard InChI is InChI=1S/C12H13N3O3S2/c1-14-12(16)8-3-2-4-10(5-8)15-20(17,18)11-6-9(13)7-19-11/h2-7,15H,13H2,1H3,(H,14,16). The quantitative estimate of drug-likeness (QED) is 0.796. The second kappa shape index (κ2) is 5.51. The molecule has 0 saturated carbocycles. The molecule has 0 unspecified atom stereocenters. The molecule has 20 heavy (non-hydrogen) atoms. The van der Waals surface area contributed by atoms with Crippen molar-refractivity contribution in [3.8, 4) is 0 Å². The van der Waals surface area contributed by atoms with Gasteiger partial charge in [-0.15, -0.1) is 11.3 Å². The number of carbonyl (C=O) groups excluding carboxylic acids is 1. The molecular weight excluding hydrogens is 298 g/mol. The molecule has 2 aromatic rings. The minimum Gasteiger partial charge on any atom is -0.398 e. The van der Waals surface area contributed by atoms with Gasteiger partial charge in [0.1, 0.15) is 4.21 Å². The third-order valence-electron chi connectivity index (χ3n) is 2.46. The van der Waals surface area contributed by atoms with E-state index in [0.29, 0.717) is 16.9 Å². The second-order valence-corrected chi connectivity index (χ2v) is 6.78. The van der Waals surface area contributed by atoms with Gasteiger partial charge in [0.15, 0.2) is 0 Å². The molecule has 1 aromatic heterocycles. The number of carbonyl (C=O) groups is 1. The van der Waals surface area contributed by atoms with Gasteiger partial charge < -0.3 is 11.1 Å². The molecule has 0 atom stereocenters. The maximum Gasteiger partial charge on any atom is 0.271 e. The zero-order valence-electron chi connectivity index (χ0n) is 10.6. The molecule has 1 aromatic carbocycles. The van der Waals surface area contributed by atoms with Crippen molar-refractivity contribution in [2.75, 3.05) is 17.5 Å². The molecule has 4 N–H and O–H groups in total. The molecule has 2 rings (SSSR count). The Hall–Kier alpha value is -2.06. The van der Waals surface area contributed by atoms with Gasteiger partial charge in [0, 0.05) is 29.4 Å². The Labute approximate surface area is 120 Å². The lowest BCUT2D eigenvalue weighted by molar-refractivity contribution is 0.0963. The first-order chi connectivity index (χ1) is 9.42. The van der Waals surface area contributed by atoms with Crippen LogP contribution < -0.4 is 15.8 Å². The van der Waals surface area contributed by atoms with E-state index in [9.17, 15) is 13.2 Å². The van der Waals surface area contributed by atoms with E-state index in [0.717, 1.165) is 11.3 Å². The monoisotopic (exact) mass is 311 g/mol. The number of thiophene rings is 1. The molecule has 0 fully saturated rings. The predicted molar refractivity (Wildman–Crippen MR) is 79.4 cm³/mol. The van der Waals surface area contributed by atoms with Crippen molar-refractivity contribution in [2.24, 2.45) is 0 Å². The Morgan fingerprint density at radius 2 is 2.05 bits per heavy atom. The van der Waals surface area contributed by atoms with Crippen LogP contribution in [0, 0.1) is 0 Å². The van der Waals surface area contributed by atoms with E-state index in [1.165, 1.54) is 19.2 Å². The van der Waals surface area contributed by atoms with Crippen molar-refractivity contribution >= 4 is 38.6 Å². The van der Waals surface area contributed by atoms with Crippen LogP contribution in [0.15, 0.2) is 39.9 Å². The molecular formula is C12H13N3O3S2. The van der Waals surface area contributed by atoms with Gasteiger partial charge in [-0.05, 0) is 24.3 Å². The predicted octanol–water partition coefficient (Wildman–Crippen LogP) is 1.49. The highest BCUT2D eigenvalue weighted by atomic mass is 32.2. The van der Waals surface area contributed by atoms with E-state index < -0.39 is 10.0 Å². The number of amides is 1. The highest BCUT2D eigenvalue weighted by Crippen LogP contribution is 2.24. The number of hydrogen-bond donors (Lipinski definition) is 3. The van der Waals surface area contributed by atoms with E-state index >= 15 is 0 Å². The molecule has 0 radical (unpaired) electrons. The average Bonchev–Trinajstić information content (AvgIpc) is 2.85. The number of sulfonamides is 1. The number of nitrogens with one attached hydrogen (secondary N) is 2. The van der Waals surface area contributed by atoms with Gasteiger partial charge in [0.25, 0.3) is 15.9 Å². The zero-order valence-corrected chi connectivity index (χ0v) is 12.2. The van der Waals surface area contributed by atoms with Gasteiger partial charge in [0.05, 0.1) is 0 Å². The van der Waals surface area contributed by atoms with Crippen LogP contribution in [0.3, 0.4) is 0 Å². The van der Waals surface area contributed by atoms with Crippen molar-refractivity contribution < 1.29 is 13.2 Å². The first kappa shape index (κ1) is 14.4. The zero-order chi connectivity index (χ0) is 14.8. The molecule has 1 amide bonds. The Morgan fingerprint density at radius 3 is 2.65 bits per heavy atom. The van der Waals surface area contributed by atoms with E-state index in [1.54, 1.807) is 23.6 Å². The normalized spacial score (nSPS) is 11.1. The fraction of sp³-hybridized carbons (Fsp3) is 0.0833. The Balaban J connectivity index is 2.28. The van der Waals surface area contributed by atoms with E-state index in [-0.39, 0.29) is 10.1 Å². The highest BCUT2D eigenvalue weighted by Gasteiger charge is 2.17. The summed E-state index contributed by atoms with van der Waals surface area (Å²) < 4.78 is 26.8. The van der Waals surface area contributed by atoms with Crippen LogP contribution in [-0.4, -0.2) is 21.4 Å². The smallest absolute Gasteiger partial charge is 0.271 e. The maximum absolute atomic E-state index is 12.1. The van der Waals surface area contributed by atoms with Gasteiger partial charge >= 0.3 is 0 Å². The fourth-order valence-corrected chi connectivity index (χ4v) is 3.67. The van der Waals surface area contributed by atoms with Crippen molar-refractivity contribution in [3.63, 3.8) is 0 Å². The maximum atomic E-state index is 12.1. The third kappa shape index (κ3) is 3.09. The first-order valence-electron chi connectivity index (χ1n) is 5.61. The Kier molecular flexibility index (Phi) is 3.96. The highest BCUT2D eigenvalue weighted by molar-refractivity contribution is 7.94. The molecule has 6 nitrogen and oxygen atoms in total. The molecule has 0 bridgehead atoms. The van der Waals surface area contributed by atoms with E-state index in [1.807, 2.05) is 0 Å². The lowest BCUT2D eigenvalue weighted by atomic mass is 10.2. The molecule has 0 aliphatic rings. The van der Waals surface area contributed by atoms with Crippen LogP contribution in [0.25, 0.3) is 0 Å². The van der Waals surface area contributed by atoms with Crippen molar-refractivity contribution in [2.45, 2.75) is 4.21 Å². The summed E-state index contributed by atoms with van der Waals surface area (Å²) in [5.41, 5.74) is 6.60. The van der Waals surface area contributed by atoms with Gasteiger partial charge in [-0.1, -0.05) is 6.07 Å². The second-order valence-electron chi connectivity index (χ2n) is 3.96.